The van der Waals surface area contributed by atoms with Crippen LogP contribution in [0.4, 0.5) is 15.9 Å². The van der Waals surface area contributed by atoms with Gasteiger partial charge in [-0.05, 0) is 50.2 Å². The summed E-state index contributed by atoms with van der Waals surface area (Å²) in [6.45, 7) is 4.89. The molecule has 0 radical (unpaired) electrons. The number of hydrogen-bond acceptors (Lipinski definition) is 6. The van der Waals surface area contributed by atoms with Crippen LogP contribution in [0.1, 0.15) is 29.4 Å². The first-order valence-electron chi connectivity index (χ1n) is 9.54. The van der Waals surface area contributed by atoms with Crippen molar-refractivity contribution in [2.45, 2.75) is 25.8 Å². The lowest BCUT2D eigenvalue weighted by molar-refractivity contribution is 0.0945. The minimum absolute atomic E-state index is 0.0266. The van der Waals surface area contributed by atoms with E-state index in [1.165, 1.54) is 36.2 Å². The fraction of sp³-hybridized carbons (Fsp3) is 0.350. The van der Waals surface area contributed by atoms with Gasteiger partial charge in [-0.25, -0.2) is 14.4 Å². The molecule has 1 fully saturated rings. The molecule has 152 valence electrons. The summed E-state index contributed by atoms with van der Waals surface area (Å²) in [6.07, 6.45) is 3.72. The van der Waals surface area contributed by atoms with Gasteiger partial charge in [-0.3, -0.25) is 9.69 Å². The van der Waals surface area contributed by atoms with Gasteiger partial charge in [-0.1, -0.05) is 18.5 Å². The fourth-order valence-electron chi connectivity index (χ4n) is 3.62. The molecular weight excluding hydrogens is 413 g/mol. The Morgan fingerprint density at radius 2 is 2.24 bits per heavy atom. The molecule has 1 unspecified atom stereocenters. The molecule has 1 aliphatic rings. The van der Waals surface area contributed by atoms with Crippen LogP contribution >= 0.6 is 22.9 Å². The summed E-state index contributed by atoms with van der Waals surface area (Å²) < 4.78 is 13.4. The smallest absolute Gasteiger partial charge is 0.261 e. The van der Waals surface area contributed by atoms with Gasteiger partial charge in [-0.2, -0.15) is 0 Å². The van der Waals surface area contributed by atoms with Crippen molar-refractivity contribution in [1.29, 1.82) is 0 Å². The highest BCUT2D eigenvalue weighted by Crippen LogP contribution is 2.31. The minimum atomic E-state index is -0.483. The molecule has 2 N–H and O–H groups in total. The van der Waals surface area contributed by atoms with Gasteiger partial charge >= 0.3 is 0 Å². The zero-order chi connectivity index (χ0) is 20.4. The third-order valence-corrected chi connectivity index (χ3v) is 6.47. The standard InChI is InChI=1S/C20H21ClFN5OS/c1-2-27-7-3-4-13(27)10-23-19(28)17-9-14-18(24-11-25-20(14)29-17)26-12-5-6-16(22)15(21)8-12/h5-6,8-9,11,13H,2-4,7,10H2,1H3,(H,23,28)(H,24,25,26). The number of carbonyl (C=O) groups is 1. The van der Waals surface area contributed by atoms with E-state index in [-0.39, 0.29) is 10.9 Å². The van der Waals surface area contributed by atoms with Crippen molar-refractivity contribution in [2.75, 3.05) is 25.0 Å². The summed E-state index contributed by atoms with van der Waals surface area (Å²) in [4.78, 5) is 24.9. The molecule has 1 amide bonds. The van der Waals surface area contributed by atoms with Crippen molar-refractivity contribution in [3.05, 3.63) is 46.3 Å². The van der Waals surface area contributed by atoms with Gasteiger partial charge in [0.05, 0.1) is 15.3 Å². The second-order valence-electron chi connectivity index (χ2n) is 6.94. The van der Waals surface area contributed by atoms with Gasteiger partial charge in [0.15, 0.2) is 0 Å². The Kier molecular flexibility index (Phi) is 5.94. The van der Waals surface area contributed by atoms with Crippen LogP contribution in [0, 0.1) is 5.82 Å². The molecule has 9 heteroatoms. The van der Waals surface area contributed by atoms with Gasteiger partial charge < -0.3 is 10.6 Å². The minimum Gasteiger partial charge on any atom is -0.350 e. The second kappa shape index (κ2) is 8.61. The Morgan fingerprint density at radius 3 is 3.03 bits per heavy atom. The zero-order valence-corrected chi connectivity index (χ0v) is 17.5. The topological polar surface area (TPSA) is 70.2 Å². The van der Waals surface area contributed by atoms with E-state index in [1.807, 2.05) is 0 Å². The maximum atomic E-state index is 13.4. The largest absolute Gasteiger partial charge is 0.350 e. The van der Waals surface area contributed by atoms with Crippen molar-refractivity contribution < 1.29 is 9.18 Å². The monoisotopic (exact) mass is 433 g/mol. The molecule has 3 heterocycles. The number of hydrogen-bond donors (Lipinski definition) is 2. The molecule has 1 atom stereocenters. The third kappa shape index (κ3) is 4.34. The predicted molar refractivity (Wildman–Crippen MR) is 115 cm³/mol. The number of rotatable bonds is 6. The number of thiophene rings is 1. The van der Waals surface area contributed by atoms with Crippen molar-refractivity contribution in [3.63, 3.8) is 0 Å². The second-order valence-corrected chi connectivity index (χ2v) is 8.38. The first kappa shape index (κ1) is 20.0. The number of likely N-dealkylation sites (N-methyl/N-ethyl adjacent to an activating group) is 1. The molecule has 0 aliphatic carbocycles. The number of benzene rings is 1. The highest BCUT2D eigenvalue weighted by atomic mass is 35.5. The van der Waals surface area contributed by atoms with Crippen LogP contribution in [0.15, 0.2) is 30.6 Å². The summed E-state index contributed by atoms with van der Waals surface area (Å²) in [7, 11) is 0. The molecule has 1 aromatic carbocycles. The number of carbonyl (C=O) groups excluding carboxylic acids is 1. The van der Waals surface area contributed by atoms with E-state index in [0.29, 0.717) is 33.8 Å². The number of halogens is 2. The molecule has 0 bridgehead atoms. The first-order chi connectivity index (χ1) is 14.0. The van der Waals surface area contributed by atoms with Gasteiger partial charge in [0, 0.05) is 18.3 Å². The summed E-state index contributed by atoms with van der Waals surface area (Å²) in [6, 6.07) is 6.55. The van der Waals surface area contributed by atoms with E-state index >= 15 is 0 Å². The molecule has 4 rings (SSSR count). The number of anilines is 2. The lowest BCUT2D eigenvalue weighted by Gasteiger charge is -2.22. The van der Waals surface area contributed by atoms with Crippen molar-refractivity contribution in [2.24, 2.45) is 0 Å². The van der Waals surface area contributed by atoms with Gasteiger partial charge in [0.25, 0.3) is 5.91 Å². The Bertz CT molecular complexity index is 1040. The summed E-state index contributed by atoms with van der Waals surface area (Å²) >= 11 is 7.17. The molecule has 0 spiro atoms. The quantitative estimate of drug-likeness (QED) is 0.601. The highest BCUT2D eigenvalue weighted by Gasteiger charge is 2.24. The Labute approximate surface area is 177 Å². The Hall–Kier alpha value is -2.29. The van der Waals surface area contributed by atoms with Crippen molar-refractivity contribution >= 4 is 50.6 Å². The summed E-state index contributed by atoms with van der Waals surface area (Å²) in [5, 5.41) is 6.94. The lowest BCUT2D eigenvalue weighted by Crippen LogP contribution is -2.39. The molecule has 0 saturated carbocycles. The van der Waals surface area contributed by atoms with Crippen LogP contribution in [0.2, 0.25) is 5.02 Å². The molecule has 29 heavy (non-hydrogen) atoms. The van der Waals surface area contributed by atoms with Crippen molar-refractivity contribution in [3.8, 4) is 0 Å². The maximum absolute atomic E-state index is 13.4. The molecule has 1 saturated heterocycles. The number of aromatic nitrogens is 2. The third-order valence-electron chi connectivity index (χ3n) is 5.14. The Morgan fingerprint density at radius 1 is 1.38 bits per heavy atom. The molecule has 1 aliphatic heterocycles. The maximum Gasteiger partial charge on any atom is 0.261 e. The average molecular weight is 434 g/mol. The summed E-state index contributed by atoms with van der Waals surface area (Å²) in [5.41, 5.74) is 0.606. The highest BCUT2D eigenvalue weighted by molar-refractivity contribution is 7.20. The van der Waals surface area contributed by atoms with Crippen LogP contribution in [0.25, 0.3) is 10.2 Å². The van der Waals surface area contributed by atoms with E-state index in [1.54, 1.807) is 12.1 Å². The van der Waals surface area contributed by atoms with E-state index in [0.717, 1.165) is 24.9 Å². The van der Waals surface area contributed by atoms with Crippen LogP contribution in [-0.4, -0.2) is 46.5 Å². The normalized spacial score (nSPS) is 17.0. The van der Waals surface area contributed by atoms with Gasteiger partial charge in [0.1, 0.15) is 22.8 Å². The Balaban J connectivity index is 1.51. The van der Waals surface area contributed by atoms with Crippen LogP contribution in [0.3, 0.4) is 0 Å². The molecule has 3 aromatic rings. The SMILES string of the molecule is CCN1CCCC1CNC(=O)c1cc2c(Nc3ccc(F)c(Cl)c3)ncnc2s1. The number of nitrogens with zero attached hydrogens (tertiary/aromatic N) is 3. The average Bonchev–Trinajstić information content (AvgIpc) is 3.36. The summed E-state index contributed by atoms with van der Waals surface area (Å²) in [5.74, 6) is -0.0453. The lowest BCUT2D eigenvalue weighted by atomic mass is 10.2. The van der Waals surface area contributed by atoms with E-state index < -0.39 is 5.82 Å². The first-order valence-corrected chi connectivity index (χ1v) is 10.7. The molecular formula is C20H21ClFN5OS. The van der Waals surface area contributed by atoms with E-state index in [9.17, 15) is 9.18 Å². The number of nitrogens with one attached hydrogen (secondary N) is 2. The van der Waals surface area contributed by atoms with E-state index in [2.05, 4.69) is 32.4 Å². The van der Waals surface area contributed by atoms with Crippen LogP contribution < -0.4 is 10.6 Å². The molecule has 6 nitrogen and oxygen atoms in total. The van der Waals surface area contributed by atoms with Gasteiger partial charge in [0.2, 0.25) is 0 Å². The number of amides is 1. The van der Waals surface area contributed by atoms with Crippen molar-refractivity contribution in [1.82, 2.24) is 20.2 Å². The van der Waals surface area contributed by atoms with Crippen LogP contribution in [0.5, 0.6) is 0 Å². The molecule has 2 aromatic heterocycles. The zero-order valence-electron chi connectivity index (χ0n) is 15.9. The van der Waals surface area contributed by atoms with E-state index in [4.69, 9.17) is 11.6 Å². The number of fused-ring (bicyclic) bond motifs is 1. The number of likely N-dealkylation sites (tertiary alicyclic amines) is 1. The predicted octanol–water partition coefficient (Wildman–Crippen LogP) is 4.44. The fourth-order valence-corrected chi connectivity index (χ4v) is 4.71. The van der Waals surface area contributed by atoms with Gasteiger partial charge in [-0.15, -0.1) is 11.3 Å². The van der Waals surface area contributed by atoms with Crippen LogP contribution in [-0.2, 0) is 0 Å².